The van der Waals surface area contributed by atoms with Gasteiger partial charge < -0.3 is 14.5 Å². The highest BCUT2D eigenvalue weighted by molar-refractivity contribution is 7.15. The lowest BCUT2D eigenvalue weighted by atomic mass is 9.81. The predicted octanol–water partition coefficient (Wildman–Crippen LogP) is 3.67. The zero-order chi connectivity index (χ0) is 20.7. The van der Waals surface area contributed by atoms with Crippen molar-refractivity contribution in [1.29, 1.82) is 0 Å². The van der Waals surface area contributed by atoms with Gasteiger partial charge >= 0.3 is 0 Å². The summed E-state index contributed by atoms with van der Waals surface area (Å²) in [6, 6.07) is 12.9. The molecule has 5 nitrogen and oxygen atoms in total. The largest absolute Gasteiger partial charge is 0.370 e. The second kappa shape index (κ2) is 7.82. The van der Waals surface area contributed by atoms with Crippen LogP contribution in [0.5, 0.6) is 0 Å². The lowest BCUT2D eigenvalue weighted by molar-refractivity contribution is -0.148. The first-order valence-electron chi connectivity index (χ1n) is 10.9. The molecular formula is C24H28N2O3S. The smallest absolute Gasteiger partial charge is 0.227 e. The molecule has 0 N–H and O–H groups in total. The van der Waals surface area contributed by atoms with Crippen molar-refractivity contribution in [1.82, 2.24) is 9.80 Å². The van der Waals surface area contributed by atoms with E-state index in [-0.39, 0.29) is 23.3 Å². The molecule has 2 aromatic rings. The number of carbonyl (C=O) groups excluding carboxylic acids is 2. The van der Waals surface area contributed by atoms with Crippen molar-refractivity contribution in [2.45, 2.75) is 37.7 Å². The summed E-state index contributed by atoms with van der Waals surface area (Å²) >= 11 is 1.89. The Balaban J connectivity index is 1.31. The second-order valence-corrected chi connectivity index (χ2v) is 9.88. The zero-order valence-corrected chi connectivity index (χ0v) is 18.2. The Kier molecular flexibility index (Phi) is 5.15. The second-order valence-electron chi connectivity index (χ2n) is 8.74. The van der Waals surface area contributed by atoms with E-state index in [2.05, 4.69) is 30.3 Å². The number of rotatable bonds is 2. The summed E-state index contributed by atoms with van der Waals surface area (Å²) in [6.07, 6.45) is 3.82. The Labute approximate surface area is 181 Å². The van der Waals surface area contributed by atoms with Crippen molar-refractivity contribution in [3.8, 4) is 10.4 Å². The fourth-order valence-corrected chi connectivity index (χ4v) is 6.37. The Morgan fingerprint density at radius 3 is 2.67 bits per heavy atom. The average molecular weight is 425 g/mol. The molecule has 0 bridgehead atoms. The van der Waals surface area contributed by atoms with Gasteiger partial charge in [0.05, 0.1) is 18.1 Å². The van der Waals surface area contributed by atoms with E-state index in [0.717, 1.165) is 39.0 Å². The van der Waals surface area contributed by atoms with Crippen molar-refractivity contribution < 1.29 is 14.3 Å². The number of ether oxygens (including phenoxy) is 1. The van der Waals surface area contributed by atoms with E-state index in [0.29, 0.717) is 19.4 Å². The fourth-order valence-electron chi connectivity index (χ4n) is 5.14. The van der Waals surface area contributed by atoms with E-state index in [1.54, 1.807) is 11.9 Å². The van der Waals surface area contributed by atoms with Crippen LogP contribution in [0.3, 0.4) is 0 Å². The van der Waals surface area contributed by atoms with Crippen molar-refractivity contribution >= 4 is 23.2 Å². The molecule has 3 aliphatic rings. The maximum atomic E-state index is 13.1. The van der Waals surface area contributed by atoms with E-state index >= 15 is 0 Å². The van der Waals surface area contributed by atoms with Gasteiger partial charge in [-0.1, -0.05) is 30.3 Å². The van der Waals surface area contributed by atoms with Gasteiger partial charge in [0.15, 0.2) is 0 Å². The molecule has 2 amide bonds. The third-order valence-corrected chi connectivity index (χ3v) is 8.17. The summed E-state index contributed by atoms with van der Waals surface area (Å²) in [5.41, 5.74) is 2.34. The van der Waals surface area contributed by atoms with E-state index in [4.69, 9.17) is 4.74 Å². The highest BCUT2D eigenvalue weighted by Gasteiger charge is 2.44. The van der Waals surface area contributed by atoms with Crippen LogP contribution in [0.25, 0.3) is 10.4 Å². The standard InChI is InChI=1S/C24H28N2O3S/c1-25-16-18(7-8-22(25)27)23(28)26-12-10-24(11-13-26)19-15-21(17-5-3-2-4-6-17)30-20(19)9-14-29-24/h2-6,15,18H,7-14,16H2,1H3. The number of piperidine rings is 2. The van der Waals surface area contributed by atoms with Crippen LogP contribution in [0, 0.1) is 5.92 Å². The molecule has 2 fully saturated rings. The minimum Gasteiger partial charge on any atom is -0.370 e. The van der Waals surface area contributed by atoms with Crippen LogP contribution in [0.2, 0.25) is 0 Å². The van der Waals surface area contributed by atoms with E-state index < -0.39 is 0 Å². The van der Waals surface area contributed by atoms with Gasteiger partial charge in [-0.05, 0) is 36.5 Å². The number of amides is 2. The molecule has 5 rings (SSSR count). The number of thiophene rings is 1. The monoisotopic (exact) mass is 424 g/mol. The van der Waals surface area contributed by atoms with Crippen molar-refractivity contribution in [2.75, 3.05) is 33.3 Å². The van der Waals surface area contributed by atoms with Crippen LogP contribution in [0.4, 0.5) is 0 Å². The van der Waals surface area contributed by atoms with Gasteiger partial charge in [0.1, 0.15) is 0 Å². The number of nitrogens with zero attached hydrogens (tertiary/aromatic N) is 2. The molecule has 30 heavy (non-hydrogen) atoms. The van der Waals surface area contributed by atoms with Crippen molar-refractivity contribution in [2.24, 2.45) is 5.92 Å². The molecule has 0 radical (unpaired) electrons. The van der Waals surface area contributed by atoms with Gasteiger partial charge in [-0.25, -0.2) is 0 Å². The molecule has 1 spiro atoms. The van der Waals surface area contributed by atoms with Gasteiger partial charge in [0.2, 0.25) is 11.8 Å². The van der Waals surface area contributed by atoms with Crippen LogP contribution in [-0.4, -0.2) is 54.9 Å². The van der Waals surface area contributed by atoms with Gasteiger partial charge in [-0.2, -0.15) is 0 Å². The quantitative estimate of drug-likeness (QED) is 0.739. The Hall–Kier alpha value is -2.18. The lowest BCUT2D eigenvalue weighted by Crippen LogP contribution is -2.51. The summed E-state index contributed by atoms with van der Waals surface area (Å²) in [6.45, 7) is 2.75. The normalized spacial score (nSPS) is 23.5. The van der Waals surface area contributed by atoms with Crippen molar-refractivity contribution in [3.63, 3.8) is 0 Å². The molecule has 1 aromatic carbocycles. The maximum absolute atomic E-state index is 13.1. The van der Waals surface area contributed by atoms with Gasteiger partial charge in [-0.3, -0.25) is 9.59 Å². The van der Waals surface area contributed by atoms with Gasteiger partial charge in [-0.15, -0.1) is 11.3 Å². The highest BCUT2D eigenvalue weighted by Crippen LogP contribution is 2.46. The summed E-state index contributed by atoms with van der Waals surface area (Å²) in [4.78, 5) is 31.3. The summed E-state index contributed by atoms with van der Waals surface area (Å²) in [5, 5.41) is 0. The number of carbonyl (C=O) groups is 2. The van der Waals surface area contributed by atoms with Crippen LogP contribution in [0.1, 0.15) is 36.1 Å². The van der Waals surface area contributed by atoms with Gasteiger partial charge in [0.25, 0.3) is 0 Å². The molecule has 2 saturated heterocycles. The van der Waals surface area contributed by atoms with E-state index in [1.165, 1.54) is 20.9 Å². The number of fused-ring (bicyclic) bond motifs is 2. The highest BCUT2D eigenvalue weighted by atomic mass is 32.1. The Bertz CT molecular complexity index is 947. The first-order chi connectivity index (χ1) is 14.6. The summed E-state index contributed by atoms with van der Waals surface area (Å²) in [5.74, 6) is 0.289. The number of hydrogen-bond donors (Lipinski definition) is 0. The van der Waals surface area contributed by atoms with E-state index in [1.807, 2.05) is 22.3 Å². The van der Waals surface area contributed by atoms with Crippen LogP contribution >= 0.6 is 11.3 Å². The SMILES string of the molecule is CN1CC(C(=O)N2CCC3(CC2)OCCc2sc(-c4ccccc4)cc23)CCC1=O. The van der Waals surface area contributed by atoms with Gasteiger partial charge in [0, 0.05) is 49.3 Å². The summed E-state index contributed by atoms with van der Waals surface area (Å²) < 4.78 is 6.40. The third kappa shape index (κ3) is 3.46. The lowest BCUT2D eigenvalue weighted by Gasteiger charge is -2.45. The van der Waals surface area contributed by atoms with E-state index in [9.17, 15) is 9.59 Å². The third-order valence-electron chi connectivity index (χ3n) is 6.92. The van der Waals surface area contributed by atoms with Crippen LogP contribution in [0.15, 0.2) is 36.4 Å². The first-order valence-corrected chi connectivity index (χ1v) is 11.7. The molecular weight excluding hydrogens is 396 g/mol. The molecule has 4 heterocycles. The van der Waals surface area contributed by atoms with Crippen LogP contribution in [-0.2, 0) is 26.3 Å². The minimum atomic E-state index is -0.257. The molecule has 1 atom stereocenters. The predicted molar refractivity (Wildman–Crippen MR) is 117 cm³/mol. The van der Waals surface area contributed by atoms with Crippen LogP contribution < -0.4 is 0 Å². The molecule has 6 heteroatoms. The number of likely N-dealkylation sites (tertiary alicyclic amines) is 2. The fraction of sp³-hybridized carbons (Fsp3) is 0.500. The topological polar surface area (TPSA) is 49.9 Å². The minimum absolute atomic E-state index is 0.0598. The number of hydrogen-bond acceptors (Lipinski definition) is 4. The Morgan fingerprint density at radius 2 is 1.93 bits per heavy atom. The molecule has 0 aliphatic carbocycles. The summed E-state index contributed by atoms with van der Waals surface area (Å²) in [7, 11) is 1.80. The zero-order valence-electron chi connectivity index (χ0n) is 17.4. The molecule has 1 unspecified atom stereocenters. The number of benzene rings is 1. The first kappa shape index (κ1) is 19.8. The molecule has 1 aromatic heterocycles. The molecule has 0 saturated carbocycles. The van der Waals surface area contributed by atoms with Crippen molar-refractivity contribution in [3.05, 3.63) is 46.8 Å². The molecule has 158 valence electrons. The molecule has 3 aliphatic heterocycles. The average Bonchev–Trinajstić information content (AvgIpc) is 3.23. The maximum Gasteiger partial charge on any atom is 0.227 e. The Morgan fingerprint density at radius 1 is 1.17 bits per heavy atom.